The van der Waals surface area contributed by atoms with Crippen molar-refractivity contribution >= 4 is 22.9 Å². The van der Waals surface area contributed by atoms with Crippen molar-refractivity contribution in [2.45, 2.75) is 32.7 Å². The Bertz CT molecular complexity index is 573. The zero-order valence-electron chi connectivity index (χ0n) is 11.5. The molecule has 0 radical (unpaired) electrons. The molecule has 0 saturated heterocycles. The van der Waals surface area contributed by atoms with Gasteiger partial charge in [0.15, 0.2) is 0 Å². The van der Waals surface area contributed by atoms with E-state index in [4.69, 9.17) is 11.6 Å². The van der Waals surface area contributed by atoms with Crippen LogP contribution in [0, 0.1) is 5.82 Å². The Morgan fingerprint density at radius 3 is 2.80 bits per heavy atom. The normalized spacial score (nSPS) is 12.6. The summed E-state index contributed by atoms with van der Waals surface area (Å²) in [6.07, 6.45) is 2.03. The van der Waals surface area contributed by atoms with Crippen molar-refractivity contribution in [3.63, 3.8) is 0 Å². The third-order valence-electron chi connectivity index (χ3n) is 2.95. The molecule has 2 rings (SSSR count). The lowest BCUT2D eigenvalue weighted by molar-refractivity contribution is 0.513. The summed E-state index contributed by atoms with van der Waals surface area (Å²) in [7, 11) is 0. The van der Waals surface area contributed by atoms with Crippen molar-refractivity contribution in [1.29, 1.82) is 0 Å². The highest BCUT2D eigenvalue weighted by molar-refractivity contribution is 7.14. The fourth-order valence-electron chi connectivity index (χ4n) is 1.87. The van der Waals surface area contributed by atoms with Gasteiger partial charge in [0, 0.05) is 5.56 Å². The van der Waals surface area contributed by atoms with E-state index in [0.29, 0.717) is 5.02 Å². The fraction of sp³-hybridized carbons (Fsp3) is 0.429. The van der Waals surface area contributed by atoms with E-state index in [-0.39, 0.29) is 11.9 Å². The Kier molecular flexibility index (Phi) is 5.46. The molecular formula is C14H17ClFN3S. The quantitative estimate of drug-likeness (QED) is 0.856. The average Bonchev–Trinajstić information content (AvgIpc) is 2.89. The average molecular weight is 314 g/mol. The van der Waals surface area contributed by atoms with Crippen LogP contribution in [0.15, 0.2) is 18.2 Å². The number of nitrogens with zero attached hydrogens (tertiary/aromatic N) is 2. The van der Waals surface area contributed by atoms with Crippen LogP contribution in [0.25, 0.3) is 10.6 Å². The Balaban J connectivity index is 2.23. The van der Waals surface area contributed by atoms with Gasteiger partial charge in [-0.3, -0.25) is 0 Å². The van der Waals surface area contributed by atoms with Gasteiger partial charge in [-0.2, -0.15) is 0 Å². The highest BCUT2D eigenvalue weighted by Crippen LogP contribution is 2.32. The Morgan fingerprint density at radius 1 is 1.35 bits per heavy atom. The highest BCUT2D eigenvalue weighted by atomic mass is 35.5. The topological polar surface area (TPSA) is 37.8 Å². The molecule has 1 aromatic carbocycles. The van der Waals surface area contributed by atoms with Crippen LogP contribution in [0.3, 0.4) is 0 Å². The number of hydrogen-bond acceptors (Lipinski definition) is 4. The van der Waals surface area contributed by atoms with Gasteiger partial charge in [0.1, 0.15) is 15.8 Å². The first kappa shape index (κ1) is 15.4. The van der Waals surface area contributed by atoms with E-state index < -0.39 is 0 Å². The Labute approximate surface area is 127 Å². The minimum Gasteiger partial charge on any atom is -0.308 e. The Hall–Kier alpha value is -1.04. The third-order valence-corrected chi connectivity index (χ3v) is 4.33. The van der Waals surface area contributed by atoms with E-state index in [2.05, 4.69) is 29.4 Å². The summed E-state index contributed by atoms with van der Waals surface area (Å²) in [6, 6.07) is 4.53. The minimum atomic E-state index is -0.348. The monoisotopic (exact) mass is 313 g/mol. The zero-order chi connectivity index (χ0) is 14.5. The smallest absolute Gasteiger partial charge is 0.149 e. The molecular weight excluding hydrogens is 297 g/mol. The fourth-order valence-corrected chi connectivity index (χ4v) is 3.23. The molecule has 0 aliphatic carbocycles. The van der Waals surface area contributed by atoms with E-state index in [1.807, 2.05) is 0 Å². The molecule has 0 bridgehead atoms. The number of hydrogen-bond donors (Lipinski definition) is 1. The first-order chi connectivity index (χ1) is 9.65. The molecule has 108 valence electrons. The zero-order valence-corrected chi connectivity index (χ0v) is 13.1. The lowest BCUT2D eigenvalue weighted by Gasteiger charge is -2.12. The second kappa shape index (κ2) is 7.11. The summed E-state index contributed by atoms with van der Waals surface area (Å²) in [4.78, 5) is 0. The van der Waals surface area contributed by atoms with Crippen LogP contribution in [0.2, 0.25) is 5.02 Å². The van der Waals surface area contributed by atoms with E-state index >= 15 is 0 Å². The van der Waals surface area contributed by atoms with Gasteiger partial charge < -0.3 is 5.32 Å². The molecule has 0 aliphatic rings. The van der Waals surface area contributed by atoms with E-state index in [0.717, 1.165) is 35.0 Å². The maximum absolute atomic E-state index is 13.1. The first-order valence-electron chi connectivity index (χ1n) is 6.67. The van der Waals surface area contributed by atoms with Gasteiger partial charge in [0.25, 0.3) is 0 Å². The number of benzene rings is 1. The molecule has 1 heterocycles. The molecule has 3 nitrogen and oxygen atoms in total. The number of aromatic nitrogens is 2. The van der Waals surface area contributed by atoms with Crippen LogP contribution < -0.4 is 5.32 Å². The Morgan fingerprint density at radius 2 is 2.15 bits per heavy atom. The van der Waals surface area contributed by atoms with Crippen LogP contribution >= 0.6 is 22.9 Å². The lowest BCUT2D eigenvalue weighted by atomic mass is 10.2. The molecule has 0 amide bonds. The molecule has 20 heavy (non-hydrogen) atoms. The van der Waals surface area contributed by atoms with Crippen LogP contribution in [-0.2, 0) is 0 Å². The largest absolute Gasteiger partial charge is 0.308 e. The summed E-state index contributed by atoms with van der Waals surface area (Å²) >= 11 is 7.55. The summed E-state index contributed by atoms with van der Waals surface area (Å²) in [6.45, 7) is 5.19. The summed E-state index contributed by atoms with van der Waals surface area (Å²) in [5.74, 6) is -0.348. The molecule has 0 saturated carbocycles. The minimum absolute atomic E-state index is 0.209. The molecule has 1 aromatic heterocycles. The first-order valence-corrected chi connectivity index (χ1v) is 7.87. The predicted octanol–water partition coefficient (Wildman–Crippen LogP) is 4.45. The molecule has 1 unspecified atom stereocenters. The van der Waals surface area contributed by atoms with Crippen molar-refractivity contribution in [3.8, 4) is 10.6 Å². The van der Waals surface area contributed by atoms with Gasteiger partial charge in [-0.25, -0.2) is 4.39 Å². The van der Waals surface area contributed by atoms with Gasteiger partial charge in [-0.15, -0.1) is 10.2 Å². The van der Waals surface area contributed by atoms with Gasteiger partial charge in [-0.05, 0) is 37.6 Å². The summed E-state index contributed by atoms with van der Waals surface area (Å²) < 4.78 is 13.1. The van der Waals surface area contributed by atoms with Crippen molar-refractivity contribution in [2.75, 3.05) is 6.54 Å². The molecule has 2 aromatic rings. The van der Waals surface area contributed by atoms with Crippen LogP contribution in [-0.4, -0.2) is 16.7 Å². The number of rotatable bonds is 6. The second-order valence-corrected chi connectivity index (χ2v) is 5.90. The predicted molar refractivity (Wildman–Crippen MR) is 81.6 cm³/mol. The van der Waals surface area contributed by atoms with Crippen molar-refractivity contribution in [2.24, 2.45) is 0 Å². The van der Waals surface area contributed by atoms with Gasteiger partial charge in [0.2, 0.25) is 0 Å². The SMILES string of the molecule is CCCNC(CC)c1nnc(-c2ccc(F)cc2Cl)s1. The second-order valence-electron chi connectivity index (χ2n) is 4.48. The third kappa shape index (κ3) is 3.53. The highest BCUT2D eigenvalue weighted by Gasteiger charge is 2.16. The molecule has 0 spiro atoms. The van der Waals surface area contributed by atoms with Crippen molar-refractivity contribution in [3.05, 3.63) is 34.0 Å². The van der Waals surface area contributed by atoms with Crippen molar-refractivity contribution in [1.82, 2.24) is 15.5 Å². The van der Waals surface area contributed by atoms with E-state index in [9.17, 15) is 4.39 Å². The van der Waals surface area contributed by atoms with E-state index in [1.54, 1.807) is 6.07 Å². The van der Waals surface area contributed by atoms with Crippen LogP contribution in [0.4, 0.5) is 4.39 Å². The lowest BCUT2D eigenvalue weighted by Crippen LogP contribution is -2.21. The molecule has 1 atom stereocenters. The van der Waals surface area contributed by atoms with Gasteiger partial charge >= 0.3 is 0 Å². The molecule has 6 heteroatoms. The molecule has 1 N–H and O–H groups in total. The van der Waals surface area contributed by atoms with E-state index in [1.165, 1.54) is 23.5 Å². The standard InChI is InChI=1S/C14H17ClFN3S/c1-3-7-17-12(4-2)14-19-18-13(20-14)10-6-5-9(16)8-11(10)15/h5-6,8,12,17H,3-4,7H2,1-2H3. The van der Waals surface area contributed by atoms with Crippen LogP contribution in [0.1, 0.15) is 37.7 Å². The number of halogens is 2. The van der Waals surface area contributed by atoms with Gasteiger partial charge in [-0.1, -0.05) is 36.8 Å². The maximum Gasteiger partial charge on any atom is 0.149 e. The summed E-state index contributed by atoms with van der Waals surface area (Å²) in [5, 5.41) is 13.9. The molecule has 0 fully saturated rings. The van der Waals surface area contributed by atoms with Crippen molar-refractivity contribution < 1.29 is 4.39 Å². The van der Waals surface area contributed by atoms with Crippen LogP contribution in [0.5, 0.6) is 0 Å². The maximum atomic E-state index is 13.1. The summed E-state index contributed by atoms with van der Waals surface area (Å²) in [5.41, 5.74) is 0.724. The number of nitrogens with one attached hydrogen (secondary N) is 1. The van der Waals surface area contributed by atoms with Gasteiger partial charge in [0.05, 0.1) is 11.1 Å². The molecule has 0 aliphatic heterocycles.